The predicted octanol–water partition coefficient (Wildman–Crippen LogP) is 1.58. The number of carbonyl (C=O) groups is 3. The summed E-state index contributed by atoms with van der Waals surface area (Å²) in [7, 11) is 0. The first kappa shape index (κ1) is 24.2. The molecule has 0 N–H and O–H groups in total. The number of terminal acetylenes is 1. The van der Waals surface area contributed by atoms with Crippen molar-refractivity contribution in [2.24, 2.45) is 5.92 Å². The van der Waals surface area contributed by atoms with Crippen LogP contribution in [0.25, 0.3) is 0 Å². The molecule has 0 aromatic rings. The van der Waals surface area contributed by atoms with Gasteiger partial charge in [0, 0.05) is 30.5 Å². The van der Waals surface area contributed by atoms with Gasteiger partial charge >= 0.3 is 0 Å². The van der Waals surface area contributed by atoms with E-state index in [1.807, 2.05) is 32.6 Å². The number of imide groups is 1. The highest BCUT2D eigenvalue weighted by atomic mass is 16.2. The lowest BCUT2D eigenvalue weighted by molar-refractivity contribution is -0.155. The van der Waals surface area contributed by atoms with Crippen LogP contribution < -0.4 is 0 Å². The van der Waals surface area contributed by atoms with Crippen molar-refractivity contribution in [2.75, 3.05) is 0 Å². The minimum Gasteiger partial charge on any atom is -0.333 e. The number of amides is 3. The summed E-state index contributed by atoms with van der Waals surface area (Å²) in [5.41, 5.74) is -0.968. The van der Waals surface area contributed by atoms with E-state index in [-0.39, 0.29) is 30.2 Å². The zero-order valence-corrected chi connectivity index (χ0v) is 19.0. The molecule has 32 heavy (non-hydrogen) atoms. The Kier molecular flexibility index (Phi) is 7.46. The van der Waals surface area contributed by atoms with Crippen LogP contribution in [0.2, 0.25) is 0 Å². The van der Waals surface area contributed by atoms with Crippen LogP contribution in [0.15, 0.2) is 0 Å². The molecule has 0 aliphatic carbocycles. The third kappa shape index (κ3) is 5.56. The van der Waals surface area contributed by atoms with Gasteiger partial charge in [-0.05, 0) is 99.7 Å². The molecule has 0 bridgehead atoms. The Morgan fingerprint density at radius 2 is 1.34 bits per heavy atom. The largest absolute Gasteiger partial charge is 0.333 e. The fraction of sp³-hybridized carbons (Fsp3) is 0.444. The summed E-state index contributed by atoms with van der Waals surface area (Å²) < 4.78 is 0. The zero-order chi connectivity index (χ0) is 23.9. The first-order valence-corrected chi connectivity index (χ1v) is 10.1. The second-order valence-electron chi connectivity index (χ2n) is 8.81. The molecular formula is C27H24N2O3. The fourth-order valence-corrected chi connectivity index (χ4v) is 4.79. The molecular weight excluding hydrogens is 400 g/mol. The molecule has 2 aliphatic rings. The maximum absolute atomic E-state index is 12.9. The molecule has 5 heteroatoms. The summed E-state index contributed by atoms with van der Waals surface area (Å²) in [6, 6.07) is -0.282. The molecule has 0 saturated carbocycles. The molecule has 0 aromatic carbocycles. The van der Waals surface area contributed by atoms with E-state index in [4.69, 9.17) is 6.42 Å². The van der Waals surface area contributed by atoms with E-state index in [9.17, 15) is 14.4 Å². The summed E-state index contributed by atoms with van der Waals surface area (Å²) >= 11 is 0. The van der Waals surface area contributed by atoms with Gasteiger partial charge in [-0.2, -0.15) is 0 Å². The average molecular weight is 425 g/mol. The van der Waals surface area contributed by atoms with E-state index in [0.717, 1.165) is 0 Å². The fourth-order valence-electron chi connectivity index (χ4n) is 4.79. The number of piperidine rings is 1. The summed E-state index contributed by atoms with van der Waals surface area (Å²) in [6.07, 6.45) is 6.04. The third-order valence-electron chi connectivity index (χ3n) is 5.36. The van der Waals surface area contributed by atoms with E-state index >= 15 is 0 Å². The Hall–Kier alpha value is -4.03. The van der Waals surface area contributed by atoms with E-state index in [1.54, 1.807) is 6.92 Å². The van der Waals surface area contributed by atoms with Crippen LogP contribution in [0.4, 0.5) is 0 Å². The van der Waals surface area contributed by atoms with Crippen molar-refractivity contribution < 1.29 is 14.4 Å². The van der Waals surface area contributed by atoms with Gasteiger partial charge in [0.1, 0.15) is 5.92 Å². The standard InChI is InChI=1S/C27H24N2O3/c1-7-8-9-10-11-12-13-14-15-16-17-22-18-24(31)28(25(22)32)23-19-26(3,4)29(21(2)30)27(5,6)20-23/h1,22-23H,18-20H2,2-6H3. The summed E-state index contributed by atoms with van der Waals surface area (Å²) in [5.74, 6) is 25.9. The Morgan fingerprint density at radius 3 is 1.81 bits per heavy atom. The molecule has 160 valence electrons. The molecule has 2 rings (SSSR count). The summed E-state index contributed by atoms with van der Waals surface area (Å²) in [6.45, 7) is 9.41. The molecule has 2 heterocycles. The first-order valence-electron chi connectivity index (χ1n) is 10.1. The SMILES string of the molecule is C#CC#CC#CC#CC#CC#CC1CC(=O)N(C2CC(C)(C)N(C(C)=O)C(C)(C)C2)C1=O. The smallest absolute Gasteiger partial charge is 0.245 e. The van der Waals surface area contributed by atoms with Crippen LogP contribution in [-0.4, -0.2) is 44.6 Å². The van der Waals surface area contributed by atoms with Gasteiger partial charge in [-0.1, -0.05) is 5.92 Å². The maximum Gasteiger partial charge on any atom is 0.245 e. The molecule has 0 aromatic heterocycles. The van der Waals surface area contributed by atoms with Crippen molar-refractivity contribution >= 4 is 17.7 Å². The second-order valence-corrected chi connectivity index (χ2v) is 8.81. The average Bonchev–Trinajstić information content (AvgIpc) is 2.94. The van der Waals surface area contributed by atoms with Crippen LogP contribution >= 0.6 is 0 Å². The molecule has 1 atom stereocenters. The van der Waals surface area contributed by atoms with Crippen molar-refractivity contribution in [3.63, 3.8) is 0 Å². The lowest BCUT2D eigenvalue weighted by Gasteiger charge is -2.56. The van der Waals surface area contributed by atoms with Gasteiger partial charge in [0.2, 0.25) is 17.7 Å². The Labute approximate surface area is 190 Å². The molecule has 2 saturated heterocycles. The predicted molar refractivity (Wildman–Crippen MR) is 121 cm³/mol. The lowest BCUT2D eigenvalue weighted by Crippen LogP contribution is -2.66. The minimum atomic E-state index is -0.722. The maximum atomic E-state index is 12.9. The minimum absolute atomic E-state index is 0.0191. The van der Waals surface area contributed by atoms with E-state index in [2.05, 4.69) is 65.1 Å². The van der Waals surface area contributed by atoms with Crippen LogP contribution in [-0.2, 0) is 14.4 Å². The summed E-state index contributed by atoms with van der Waals surface area (Å²) in [4.78, 5) is 41.0. The number of likely N-dealkylation sites (tertiary alicyclic amines) is 2. The van der Waals surface area contributed by atoms with E-state index in [0.29, 0.717) is 12.8 Å². The highest BCUT2D eigenvalue weighted by Crippen LogP contribution is 2.41. The van der Waals surface area contributed by atoms with Gasteiger partial charge in [0.15, 0.2) is 0 Å². The lowest BCUT2D eigenvalue weighted by atomic mass is 9.76. The Balaban J connectivity index is 2.12. The highest BCUT2D eigenvalue weighted by Gasteiger charge is 2.52. The van der Waals surface area contributed by atoms with Gasteiger partial charge < -0.3 is 4.90 Å². The van der Waals surface area contributed by atoms with Gasteiger partial charge in [0.05, 0.1) is 0 Å². The quantitative estimate of drug-likeness (QED) is 0.474. The van der Waals surface area contributed by atoms with Gasteiger partial charge in [-0.3, -0.25) is 19.3 Å². The number of hydrogen-bond acceptors (Lipinski definition) is 3. The summed E-state index contributed by atoms with van der Waals surface area (Å²) in [5, 5.41) is 0. The molecule has 0 spiro atoms. The Morgan fingerprint density at radius 1 is 0.875 bits per heavy atom. The van der Waals surface area contributed by atoms with Crippen LogP contribution in [0, 0.1) is 77.5 Å². The second kappa shape index (κ2) is 9.85. The monoisotopic (exact) mass is 424 g/mol. The van der Waals surface area contributed by atoms with E-state index in [1.165, 1.54) is 4.90 Å². The van der Waals surface area contributed by atoms with Crippen molar-refractivity contribution in [1.82, 2.24) is 9.80 Å². The van der Waals surface area contributed by atoms with Crippen molar-refractivity contribution in [3.05, 3.63) is 0 Å². The highest BCUT2D eigenvalue weighted by molar-refractivity contribution is 6.05. The molecule has 3 amide bonds. The van der Waals surface area contributed by atoms with Gasteiger partial charge in [-0.25, -0.2) is 0 Å². The van der Waals surface area contributed by atoms with Gasteiger partial charge in [0.25, 0.3) is 0 Å². The number of hydrogen-bond donors (Lipinski definition) is 0. The molecule has 5 nitrogen and oxygen atoms in total. The molecule has 0 radical (unpaired) electrons. The molecule has 2 aliphatic heterocycles. The van der Waals surface area contributed by atoms with Crippen LogP contribution in [0.3, 0.4) is 0 Å². The van der Waals surface area contributed by atoms with Gasteiger partial charge in [-0.15, -0.1) is 6.42 Å². The van der Waals surface area contributed by atoms with Crippen LogP contribution in [0.5, 0.6) is 0 Å². The zero-order valence-electron chi connectivity index (χ0n) is 19.0. The van der Waals surface area contributed by atoms with Crippen LogP contribution in [0.1, 0.15) is 53.9 Å². The van der Waals surface area contributed by atoms with E-state index < -0.39 is 17.0 Å². The normalized spacial score (nSPS) is 20.4. The van der Waals surface area contributed by atoms with Crippen molar-refractivity contribution in [3.8, 4) is 71.5 Å². The number of rotatable bonds is 1. The topological polar surface area (TPSA) is 57.7 Å². The third-order valence-corrected chi connectivity index (χ3v) is 5.36. The molecule has 1 unspecified atom stereocenters. The number of carbonyl (C=O) groups excluding carboxylic acids is 3. The Bertz CT molecular complexity index is 1170. The number of nitrogens with zero attached hydrogens (tertiary/aromatic N) is 2. The molecule has 2 fully saturated rings. The van der Waals surface area contributed by atoms with Crippen molar-refractivity contribution in [2.45, 2.75) is 71.0 Å². The first-order chi connectivity index (χ1) is 15.0. The van der Waals surface area contributed by atoms with Crippen molar-refractivity contribution in [1.29, 1.82) is 0 Å².